The van der Waals surface area contributed by atoms with Gasteiger partial charge in [-0.1, -0.05) is 41.7 Å². The van der Waals surface area contributed by atoms with Gasteiger partial charge in [-0.15, -0.1) is 0 Å². The molecule has 0 aliphatic carbocycles. The van der Waals surface area contributed by atoms with Gasteiger partial charge < -0.3 is 9.47 Å². The Kier molecular flexibility index (Phi) is 6.20. The van der Waals surface area contributed by atoms with E-state index >= 15 is 0 Å². The predicted octanol–water partition coefficient (Wildman–Crippen LogP) is 5.47. The molecule has 0 radical (unpaired) electrons. The van der Waals surface area contributed by atoms with Crippen LogP contribution in [0.4, 0.5) is 0 Å². The maximum absolute atomic E-state index is 13.7. The zero-order valence-corrected chi connectivity index (χ0v) is 20.4. The molecule has 0 spiro atoms. The summed E-state index contributed by atoms with van der Waals surface area (Å²) in [6, 6.07) is 23.2. The Balaban J connectivity index is 1.63. The summed E-state index contributed by atoms with van der Waals surface area (Å²) in [5, 5.41) is 3.87. The molecule has 0 bridgehead atoms. The van der Waals surface area contributed by atoms with Crippen molar-refractivity contribution in [3.8, 4) is 27.9 Å². The number of fused-ring (bicyclic) bond motifs is 1. The van der Waals surface area contributed by atoms with Crippen LogP contribution in [-0.2, 0) is 6.54 Å². The van der Waals surface area contributed by atoms with Gasteiger partial charge in [0.25, 0.3) is 5.56 Å². The highest BCUT2D eigenvalue weighted by Gasteiger charge is 2.21. The highest BCUT2D eigenvalue weighted by Crippen LogP contribution is 2.28. The van der Waals surface area contributed by atoms with Crippen molar-refractivity contribution in [3.63, 3.8) is 0 Å². The Bertz CT molecular complexity index is 1550. The molecule has 0 aliphatic rings. The molecule has 176 valence electrons. The number of H-pyrrole nitrogens is 1. The van der Waals surface area contributed by atoms with Crippen molar-refractivity contribution in [1.29, 1.82) is 0 Å². The Morgan fingerprint density at radius 3 is 2.49 bits per heavy atom. The molecule has 0 saturated heterocycles. The highest BCUT2D eigenvalue weighted by atomic mass is 32.1. The largest absolute Gasteiger partial charge is 0.497 e. The monoisotopic (exact) mass is 484 g/mol. The van der Waals surface area contributed by atoms with Crippen molar-refractivity contribution >= 4 is 27.3 Å². The summed E-state index contributed by atoms with van der Waals surface area (Å²) in [7, 11) is 3.26. The average Bonchev–Trinajstić information content (AvgIpc) is 3.48. The highest BCUT2D eigenvalue weighted by molar-refractivity contribution is 7.20. The average molecular weight is 485 g/mol. The Hall–Kier alpha value is -4.17. The van der Waals surface area contributed by atoms with Gasteiger partial charge >= 0.3 is 0 Å². The molecule has 5 rings (SSSR count). The normalized spacial score (nSPS) is 11.7. The fourth-order valence-corrected chi connectivity index (χ4v) is 4.87. The van der Waals surface area contributed by atoms with E-state index in [0.29, 0.717) is 28.6 Å². The molecule has 0 unspecified atom stereocenters. The van der Waals surface area contributed by atoms with E-state index in [1.165, 1.54) is 16.0 Å². The van der Waals surface area contributed by atoms with Gasteiger partial charge in [0, 0.05) is 16.8 Å². The third kappa shape index (κ3) is 4.36. The third-order valence-electron chi connectivity index (χ3n) is 5.78. The molecule has 8 heteroatoms. The smallest absolute Gasteiger partial charge is 0.283 e. The second kappa shape index (κ2) is 9.60. The zero-order valence-electron chi connectivity index (χ0n) is 19.6. The number of aromatic amines is 1. The summed E-state index contributed by atoms with van der Waals surface area (Å²) in [6.07, 6.45) is 0. The van der Waals surface area contributed by atoms with E-state index in [-0.39, 0.29) is 5.56 Å². The lowest BCUT2D eigenvalue weighted by Crippen LogP contribution is -2.19. The third-order valence-corrected chi connectivity index (χ3v) is 6.81. The molecular weight excluding hydrogens is 460 g/mol. The van der Waals surface area contributed by atoms with E-state index in [2.05, 4.69) is 10.1 Å². The Morgan fingerprint density at radius 2 is 1.74 bits per heavy atom. The van der Waals surface area contributed by atoms with Crippen LogP contribution in [0.15, 0.2) is 82.6 Å². The molecule has 0 fully saturated rings. The summed E-state index contributed by atoms with van der Waals surface area (Å²) in [4.78, 5) is 23.1. The molecule has 35 heavy (non-hydrogen) atoms. The summed E-state index contributed by atoms with van der Waals surface area (Å²) in [5.41, 5.74) is 4.26. The first-order chi connectivity index (χ1) is 17.1. The molecule has 2 heterocycles. The summed E-state index contributed by atoms with van der Waals surface area (Å²) < 4.78 is 13.3. The molecule has 3 aromatic carbocycles. The maximum Gasteiger partial charge on any atom is 0.283 e. The molecule has 7 nitrogen and oxygen atoms in total. The molecule has 5 aromatic rings. The van der Waals surface area contributed by atoms with Gasteiger partial charge in [0.2, 0.25) is 5.13 Å². The number of benzene rings is 3. The molecular formula is C27H24N4O3S. The van der Waals surface area contributed by atoms with Gasteiger partial charge in [0.1, 0.15) is 11.5 Å². The van der Waals surface area contributed by atoms with Gasteiger partial charge in [0.05, 0.1) is 42.2 Å². The predicted molar refractivity (Wildman–Crippen MR) is 140 cm³/mol. The van der Waals surface area contributed by atoms with Crippen molar-refractivity contribution in [3.05, 3.63) is 94.3 Å². The summed E-state index contributed by atoms with van der Waals surface area (Å²) in [6.45, 7) is 2.25. The van der Waals surface area contributed by atoms with Crippen molar-refractivity contribution in [1.82, 2.24) is 14.8 Å². The zero-order chi connectivity index (χ0) is 24.4. The minimum absolute atomic E-state index is 0.198. The number of aromatic nitrogens is 3. The maximum atomic E-state index is 13.7. The second-order valence-electron chi connectivity index (χ2n) is 7.91. The SMILES string of the molecule is COc1ccc(-c2[nH]n(-c3nc4ccccc4s3)c(=O)c2C(C)=NCc2ccccc2OC)cc1. The van der Waals surface area contributed by atoms with Crippen LogP contribution in [0.25, 0.3) is 26.6 Å². The number of hydrogen-bond donors (Lipinski definition) is 1. The number of aliphatic imine (C=N–C) groups is 1. The first kappa shape index (κ1) is 22.6. The lowest BCUT2D eigenvalue weighted by atomic mass is 10.0. The van der Waals surface area contributed by atoms with Crippen LogP contribution >= 0.6 is 11.3 Å². The van der Waals surface area contributed by atoms with E-state index in [9.17, 15) is 4.79 Å². The van der Waals surface area contributed by atoms with E-state index in [4.69, 9.17) is 14.5 Å². The number of methoxy groups -OCH3 is 2. The number of hydrogen-bond acceptors (Lipinski definition) is 6. The van der Waals surface area contributed by atoms with Crippen LogP contribution in [0.5, 0.6) is 11.5 Å². The fourth-order valence-electron chi connectivity index (χ4n) is 3.95. The van der Waals surface area contributed by atoms with E-state index in [0.717, 1.165) is 32.8 Å². The molecule has 0 aliphatic heterocycles. The standard InChI is InChI=1S/C27H24N4O3S/c1-17(28-16-19-8-4-6-10-22(19)34-3)24-25(18-12-14-20(33-2)15-13-18)30-31(26(24)32)27-29-21-9-5-7-11-23(21)35-27/h4-15,30H,16H2,1-3H3. The lowest BCUT2D eigenvalue weighted by Gasteiger charge is -2.07. The molecule has 2 aromatic heterocycles. The van der Waals surface area contributed by atoms with E-state index in [1.807, 2.05) is 79.7 Å². The van der Waals surface area contributed by atoms with Gasteiger partial charge in [-0.2, -0.15) is 4.68 Å². The van der Waals surface area contributed by atoms with Crippen molar-refractivity contribution < 1.29 is 9.47 Å². The number of ether oxygens (including phenoxy) is 2. The number of nitrogens with zero attached hydrogens (tertiary/aromatic N) is 3. The number of rotatable bonds is 7. The van der Waals surface area contributed by atoms with Crippen LogP contribution in [0, 0.1) is 0 Å². The van der Waals surface area contributed by atoms with Gasteiger partial charge in [-0.25, -0.2) is 4.98 Å². The van der Waals surface area contributed by atoms with Gasteiger partial charge in [-0.3, -0.25) is 14.9 Å². The molecule has 0 amide bonds. The van der Waals surface area contributed by atoms with Crippen molar-refractivity contribution in [2.75, 3.05) is 14.2 Å². The number of para-hydroxylation sites is 2. The van der Waals surface area contributed by atoms with E-state index in [1.54, 1.807) is 14.2 Å². The Morgan fingerprint density at radius 1 is 1.00 bits per heavy atom. The van der Waals surface area contributed by atoms with Crippen LogP contribution in [0.2, 0.25) is 0 Å². The quantitative estimate of drug-likeness (QED) is 0.311. The van der Waals surface area contributed by atoms with Crippen LogP contribution in [-0.4, -0.2) is 34.7 Å². The molecule has 1 N–H and O–H groups in total. The van der Waals surface area contributed by atoms with Crippen LogP contribution in [0.3, 0.4) is 0 Å². The lowest BCUT2D eigenvalue weighted by molar-refractivity contribution is 0.410. The van der Waals surface area contributed by atoms with Crippen molar-refractivity contribution in [2.24, 2.45) is 4.99 Å². The summed E-state index contributed by atoms with van der Waals surface area (Å²) >= 11 is 1.46. The van der Waals surface area contributed by atoms with Crippen LogP contribution < -0.4 is 15.0 Å². The first-order valence-corrected chi connectivity index (χ1v) is 11.9. The fraction of sp³-hybridized carbons (Fsp3) is 0.148. The van der Waals surface area contributed by atoms with Crippen LogP contribution in [0.1, 0.15) is 18.1 Å². The summed E-state index contributed by atoms with van der Waals surface area (Å²) in [5.74, 6) is 1.50. The molecule has 0 atom stereocenters. The Labute approximate surface area is 206 Å². The minimum Gasteiger partial charge on any atom is -0.497 e. The topological polar surface area (TPSA) is 81.5 Å². The van der Waals surface area contributed by atoms with Gasteiger partial charge in [0.15, 0.2) is 0 Å². The van der Waals surface area contributed by atoms with E-state index < -0.39 is 0 Å². The van der Waals surface area contributed by atoms with Gasteiger partial charge in [-0.05, 0) is 49.4 Å². The number of nitrogens with one attached hydrogen (secondary N) is 1. The molecule has 0 saturated carbocycles. The minimum atomic E-state index is -0.198. The van der Waals surface area contributed by atoms with Crippen molar-refractivity contribution in [2.45, 2.75) is 13.5 Å². The first-order valence-electron chi connectivity index (χ1n) is 11.1. The second-order valence-corrected chi connectivity index (χ2v) is 8.92. The number of thiazole rings is 1.